The number of amides is 2. The quantitative estimate of drug-likeness (QED) is 0.205. The van der Waals surface area contributed by atoms with Gasteiger partial charge >= 0.3 is 0 Å². The molecule has 220 valence electrons. The molecule has 0 saturated heterocycles. The van der Waals surface area contributed by atoms with Gasteiger partial charge in [-0.3, -0.25) is 9.59 Å². The van der Waals surface area contributed by atoms with E-state index in [0.717, 1.165) is 23.2 Å². The summed E-state index contributed by atoms with van der Waals surface area (Å²) in [6, 6.07) is 33.0. The zero-order chi connectivity index (χ0) is 30.4. The van der Waals surface area contributed by atoms with Crippen molar-refractivity contribution in [3.8, 4) is 11.3 Å². The normalized spacial score (nSPS) is 19.6. The molecule has 6 heteroatoms. The number of anilines is 1. The first-order valence-corrected chi connectivity index (χ1v) is 16.1. The van der Waals surface area contributed by atoms with E-state index in [1.807, 2.05) is 47.5 Å². The van der Waals surface area contributed by atoms with Gasteiger partial charge in [0.15, 0.2) is 5.13 Å². The number of carbonyl (C=O) groups is 2. The molecule has 0 radical (unpaired) electrons. The van der Waals surface area contributed by atoms with Gasteiger partial charge in [-0.05, 0) is 67.1 Å². The van der Waals surface area contributed by atoms with Crippen molar-refractivity contribution in [1.29, 1.82) is 0 Å². The topological polar surface area (TPSA) is 62.3 Å². The lowest BCUT2D eigenvalue weighted by molar-refractivity contribution is -0.126. The summed E-state index contributed by atoms with van der Waals surface area (Å²) in [5, 5.41) is 5.72. The fourth-order valence-electron chi connectivity index (χ4n) is 7.22. The van der Waals surface area contributed by atoms with Crippen molar-refractivity contribution in [3.05, 3.63) is 141 Å². The molecule has 1 N–H and O–H groups in total. The molecule has 44 heavy (non-hydrogen) atoms. The highest BCUT2D eigenvalue weighted by atomic mass is 32.1. The minimum atomic E-state index is -0.592. The molecule has 2 bridgehead atoms. The Balaban J connectivity index is 1.07. The van der Waals surface area contributed by atoms with Gasteiger partial charge in [-0.25, -0.2) is 4.98 Å². The highest BCUT2D eigenvalue weighted by Crippen LogP contribution is 2.61. The molecule has 1 aromatic heterocycles. The number of hydrogen-bond acceptors (Lipinski definition) is 4. The van der Waals surface area contributed by atoms with Crippen molar-refractivity contribution < 1.29 is 9.59 Å². The van der Waals surface area contributed by atoms with Gasteiger partial charge in [0.05, 0.1) is 11.1 Å². The van der Waals surface area contributed by atoms with Crippen LogP contribution in [-0.2, 0) is 11.3 Å². The lowest BCUT2D eigenvalue weighted by Gasteiger charge is -2.50. The van der Waals surface area contributed by atoms with Crippen LogP contribution in [0.2, 0.25) is 0 Å². The van der Waals surface area contributed by atoms with Crippen molar-refractivity contribution >= 4 is 28.3 Å². The number of fused-ring (bicyclic) bond motifs is 1. The van der Waals surface area contributed by atoms with E-state index in [9.17, 15) is 9.59 Å². The fraction of sp³-hybridized carbons (Fsp3) is 0.237. The molecule has 1 atom stereocenters. The van der Waals surface area contributed by atoms with Gasteiger partial charge in [0.1, 0.15) is 0 Å². The molecular formula is C38H35N3O2S. The Kier molecular flexibility index (Phi) is 7.17. The zero-order valence-corrected chi connectivity index (χ0v) is 26.0. The predicted molar refractivity (Wildman–Crippen MR) is 177 cm³/mol. The number of thiazole rings is 1. The summed E-state index contributed by atoms with van der Waals surface area (Å²) in [7, 11) is 0. The predicted octanol–water partition coefficient (Wildman–Crippen LogP) is 8.41. The van der Waals surface area contributed by atoms with Crippen LogP contribution in [0.15, 0.2) is 102 Å². The van der Waals surface area contributed by atoms with Crippen molar-refractivity contribution in [3.63, 3.8) is 0 Å². The van der Waals surface area contributed by atoms with Crippen LogP contribution in [0.4, 0.5) is 5.13 Å². The van der Waals surface area contributed by atoms with E-state index in [-0.39, 0.29) is 23.7 Å². The lowest BCUT2D eigenvalue weighted by Crippen LogP contribution is -2.47. The van der Waals surface area contributed by atoms with Gasteiger partial charge < -0.3 is 10.2 Å². The van der Waals surface area contributed by atoms with Crippen LogP contribution in [0.5, 0.6) is 0 Å². The second-order valence-electron chi connectivity index (χ2n) is 12.2. The summed E-state index contributed by atoms with van der Waals surface area (Å²) in [4.78, 5) is 33.9. The van der Waals surface area contributed by atoms with Gasteiger partial charge in [-0.2, -0.15) is 0 Å². The third-order valence-corrected chi connectivity index (χ3v) is 10.2. The molecule has 0 fully saturated rings. The smallest absolute Gasteiger partial charge is 0.254 e. The Hall–Kier alpha value is -4.55. The van der Waals surface area contributed by atoms with Crippen LogP contribution >= 0.6 is 11.3 Å². The van der Waals surface area contributed by atoms with Crippen molar-refractivity contribution in [2.24, 2.45) is 5.41 Å². The Morgan fingerprint density at radius 2 is 1.57 bits per heavy atom. The number of aryl methyl sites for hydroxylation is 1. The number of carbonyl (C=O) groups excluding carboxylic acids is 2. The molecule has 1 heterocycles. The summed E-state index contributed by atoms with van der Waals surface area (Å²) in [6.07, 6.45) is 0.768. The average molecular weight is 598 g/mol. The minimum Gasteiger partial charge on any atom is -0.335 e. The van der Waals surface area contributed by atoms with Crippen LogP contribution in [-0.4, -0.2) is 28.2 Å². The number of hydrogen-bond donors (Lipinski definition) is 1. The molecule has 3 aliphatic rings. The van der Waals surface area contributed by atoms with Crippen molar-refractivity contribution in [1.82, 2.24) is 9.88 Å². The van der Waals surface area contributed by atoms with E-state index >= 15 is 0 Å². The van der Waals surface area contributed by atoms with Crippen LogP contribution in [0, 0.1) is 12.3 Å². The SMILES string of the molecule is CCN(Cc1cccc(C)c1)C(=O)c1ccc(-c2csc(NC(=O)C3(C)CC4c5ccccc5C3c3ccccc34)n2)cc1. The molecule has 1 unspecified atom stereocenters. The van der Waals surface area contributed by atoms with Crippen LogP contribution in [0.25, 0.3) is 11.3 Å². The first-order chi connectivity index (χ1) is 21.4. The standard InChI is InChI=1S/C38H35N3O2S/c1-4-41(22-25-11-9-10-24(2)20-25)35(42)27-18-16-26(17-19-27)33-23-44-37(39-33)40-36(43)38(3)21-32-28-12-5-7-14-30(28)34(38)31-15-8-6-13-29(31)32/h5-20,23,32,34H,4,21-22H2,1-3H3,(H,39,40,43). The molecule has 8 rings (SSSR count). The summed E-state index contributed by atoms with van der Waals surface area (Å²) in [5.41, 5.74) is 9.26. The first kappa shape index (κ1) is 28.2. The fourth-order valence-corrected chi connectivity index (χ4v) is 7.93. The highest BCUT2D eigenvalue weighted by Gasteiger charge is 2.54. The van der Waals surface area contributed by atoms with Crippen LogP contribution in [0.3, 0.4) is 0 Å². The second-order valence-corrected chi connectivity index (χ2v) is 13.1. The molecule has 2 amide bonds. The highest BCUT2D eigenvalue weighted by molar-refractivity contribution is 7.14. The molecule has 4 aromatic carbocycles. The molecule has 5 nitrogen and oxygen atoms in total. The molecule has 5 aromatic rings. The molecule has 0 spiro atoms. The maximum atomic E-state index is 14.0. The minimum absolute atomic E-state index is 0.00184. The van der Waals surface area contributed by atoms with E-state index in [4.69, 9.17) is 4.98 Å². The average Bonchev–Trinajstić information content (AvgIpc) is 3.52. The van der Waals surface area contributed by atoms with Crippen LogP contribution < -0.4 is 5.32 Å². The molecule has 0 saturated carbocycles. The van der Waals surface area contributed by atoms with E-state index < -0.39 is 5.41 Å². The Morgan fingerprint density at radius 1 is 0.909 bits per heavy atom. The van der Waals surface area contributed by atoms with E-state index in [1.165, 1.54) is 39.2 Å². The summed E-state index contributed by atoms with van der Waals surface area (Å²) < 4.78 is 0. The maximum Gasteiger partial charge on any atom is 0.254 e. The van der Waals surface area contributed by atoms with Gasteiger partial charge in [0, 0.05) is 41.4 Å². The number of nitrogens with zero attached hydrogens (tertiary/aromatic N) is 2. The van der Waals surface area contributed by atoms with E-state index in [1.54, 1.807) is 0 Å². The summed E-state index contributed by atoms with van der Waals surface area (Å²) in [5.74, 6) is 0.214. The first-order valence-electron chi connectivity index (χ1n) is 15.3. The third kappa shape index (κ3) is 4.83. The second kappa shape index (κ2) is 11.2. The van der Waals surface area contributed by atoms with Crippen LogP contribution in [0.1, 0.15) is 75.8 Å². The summed E-state index contributed by atoms with van der Waals surface area (Å²) >= 11 is 1.43. The number of nitrogens with one attached hydrogen (secondary N) is 1. The number of benzene rings is 4. The number of rotatable bonds is 7. The largest absolute Gasteiger partial charge is 0.335 e. The maximum absolute atomic E-state index is 14.0. The van der Waals surface area contributed by atoms with Gasteiger partial charge in [-0.15, -0.1) is 11.3 Å². The Bertz CT molecular complexity index is 1830. The molecule has 0 aliphatic heterocycles. The number of aromatic nitrogens is 1. The Morgan fingerprint density at radius 3 is 2.20 bits per heavy atom. The molecule has 3 aliphatic carbocycles. The van der Waals surface area contributed by atoms with Gasteiger partial charge in [0.2, 0.25) is 5.91 Å². The summed E-state index contributed by atoms with van der Waals surface area (Å²) in [6.45, 7) is 7.37. The van der Waals surface area contributed by atoms with Crippen molar-refractivity contribution in [2.45, 2.75) is 45.6 Å². The zero-order valence-electron chi connectivity index (χ0n) is 25.2. The van der Waals surface area contributed by atoms with Gasteiger partial charge in [-0.1, -0.05) is 90.5 Å². The third-order valence-electron chi connectivity index (χ3n) is 9.43. The molecular weight excluding hydrogens is 563 g/mol. The van der Waals surface area contributed by atoms with E-state index in [2.05, 4.69) is 85.9 Å². The van der Waals surface area contributed by atoms with Crippen molar-refractivity contribution in [2.75, 3.05) is 11.9 Å². The monoisotopic (exact) mass is 597 g/mol. The lowest BCUT2D eigenvalue weighted by atomic mass is 9.52. The van der Waals surface area contributed by atoms with Gasteiger partial charge in [0.25, 0.3) is 5.91 Å². The van der Waals surface area contributed by atoms with E-state index in [0.29, 0.717) is 23.8 Å². The Labute approximate surface area is 262 Å².